The van der Waals surface area contributed by atoms with Crippen LogP contribution in [-0.4, -0.2) is 64.9 Å². The lowest BCUT2D eigenvalue weighted by Crippen LogP contribution is -2.50. The minimum atomic E-state index is -0.201. The number of likely N-dealkylation sites (tertiary alicyclic amines) is 2. The van der Waals surface area contributed by atoms with E-state index >= 15 is 0 Å². The van der Waals surface area contributed by atoms with Crippen molar-refractivity contribution in [3.8, 4) is 0 Å². The molecule has 0 saturated carbocycles. The predicted molar refractivity (Wildman–Crippen MR) is 92.2 cm³/mol. The summed E-state index contributed by atoms with van der Waals surface area (Å²) in [5.74, 6) is -0.0118. The fourth-order valence-electron chi connectivity index (χ4n) is 3.80. The Morgan fingerprint density at radius 3 is 2.46 bits per heavy atom. The van der Waals surface area contributed by atoms with Crippen molar-refractivity contribution in [1.29, 1.82) is 0 Å². The van der Waals surface area contributed by atoms with Gasteiger partial charge in [0.25, 0.3) is 5.91 Å². The van der Waals surface area contributed by atoms with Crippen LogP contribution in [0.15, 0.2) is 24.3 Å². The molecule has 5 heteroatoms. The van der Waals surface area contributed by atoms with Gasteiger partial charge in [0.2, 0.25) is 0 Å². The van der Waals surface area contributed by atoms with Crippen LogP contribution in [0.1, 0.15) is 53.3 Å². The minimum absolute atomic E-state index is 0.00947. The second-order valence-electron chi connectivity index (χ2n) is 6.95. The fraction of sp³-hybridized carbons (Fsp3) is 0.579. The summed E-state index contributed by atoms with van der Waals surface area (Å²) in [6.07, 6.45) is 3.65. The summed E-state index contributed by atoms with van der Waals surface area (Å²) < 4.78 is 0. The van der Waals surface area contributed by atoms with Crippen molar-refractivity contribution in [3.05, 3.63) is 35.4 Å². The van der Waals surface area contributed by atoms with Crippen molar-refractivity contribution in [1.82, 2.24) is 9.80 Å². The second-order valence-corrected chi connectivity index (χ2v) is 6.95. The maximum Gasteiger partial charge on any atom is 0.253 e. The highest BCUT2D eigenvalue weighted by Gasteiger charge is 2.30. The molecule has 5 nitrogen and oxygen atoms in total. The third kappa shape index (κ3) is 3.84. The Hall–Kier alpha value is -1.72. The van der Waals surface area contributed by atoms with E-state index in [0.29, 0.717) is 17.2 Å². The number of amides is 1. The molecule has 2 heterocycles. The third-order valence-corrected chi connectivity index (χ3v) is 5.21. The molecule has 0 spiro atoms. The number of Topliss-reactive ketones (excluding diaryl/α,β-unsaturated/α-hetero) is 1. The van der Waals surface area contributed by atoms with E-state index in [4.69, 9.17) is 0 Å². The van der Waals surface area contributed by atoms with Gasteiger partial charge in [0.05, 0.1) is 6.10 Å². The summed E-state index contributed by atoms with van der Waals surface area (Å²) in [4.78, 5) is 28.4. The van der Waals surface area contributed by atoms with Gasteiger partial charge in [-0.3, -0.25) is 14.5 Å². The van der Waals surface area contributed by atoms with Crippen LogP contribution in [0.4, 0.5) is 0 Å². The highest BCUT2D eigenvalue weighted by molar-refractivity contribution is 5.99. The molecule has 2 saturated heterocycles. The average Bonchev–Trinajstić information content (AvgIpc) is 2.61. The van der Waals surface area contributed by atoms with Gasteiger partial charge in [-0.25, -0.2) is 0 Å². The van der Waals surface area contributed by atoms with Crippen LogP contribution in [-0.2, 0) is 0 Å². The van der Waals surface area contributed by atoms with Gasteiger partial charge in [0.1, 0.15) is 0 Å². The predicted octanol–water partition coefficient (Wildman–Crippen LogP) is 1.95. The molecule has 0 bridgehead atoms. The normalized spacial score (nSPS) is 23.2. The Balaban J connectivity index is 1.59. The van der Waals surface area contributed by atoms with Gasteiger partial charge in [0, 0.05) is 36.8 Å². The van der Waals surface area contributed by atoms with E-state index in [0.717, 1.165) is 51.9 Å². The summed E-state index contributed by atoms with van der Waals surface area (Å²) in [7, 11) is 0. The van der Waals surface area contributed by atoms with Crippen LogP contribution in [0.2, 0.25) is 0 Å². The summed E-state index contributed by atoms with van der Waals surface area (Å²) in [5, 5.41) is 9.84. The van der Waals surface area contributed by atoms with E-state index in [9.17, 15) is 14.7 Å². The van der Waals surface area contributed by atoms with E-state index in [-0.39, 0.29) is 17.8 Å². The van der Waals surface area contributed by atoms with Crippen LogP contribution >= 0.6 is 0 Å². The summed E-state index contributed by atoms with van der Waals surface area (Å²) in [5.41, 5.74) is 1.17. The number of carbonyl (C=O) groups is 2. The van der Waals surface area contributed by atoms with Crippen molar-refractivity contribution in [2.45, 2.75) is 44.8 Å². The monoisotopic (exact) mass is 330 g/mol. The first-order valence-corrected chi connectivity index (χ1v) is 8.87. The number of aliphatic hydroxyl groups excluding tert-OH is 1. The number of aliphatic hydroxyl groups is 1. The highest BCUT2D eigenvalue weighted by atomic mass is 16.3. The molecule has 0 radical (unpaired) electrons. The Bertz CT molecular complexity index is 608. The minimum Gasteiger partial charge on any atom is -0.392 e. The lowest BCUT2D eigenvalue weighted by molar-refractivity contribution is 0.0241. The van der Waals surface area contributed by atoms with Gasteiger partial charge in [-0.1, -0.05) is 12.1 Å². The van der Waals surface area contributed by atoms with Gasteiger partial charge in [-0.15, -0.1) is 0 Å². The third-order valence-electron chi connectivity index (χ3n) is 5.21. The first kappa shape index (κ1) is 17.1. The fourth-order valence-corrected chi connectivity index (χ4v) is 3.80. The van der Waals surface area contributed by atoms with Crippen molar-refractivity contribution in [3.63, 3.8) is 0 Å². The topological polar surface area (TPSA) is 60.9 Å². The van der Waals surface area contributed by atoms with Crippen LogP contribution in [0.5, 0.6) is 0 Å². The number of β-amino-alcohol motifs (C(OH)–C–C–N with tert-alkyl or cyclic N) is 1. The number of benzene rings is 1. The molecule has 1 amide bonds. The maximum atomic E-state index is 12.7. The van der Waals surface area contributed by atoms with Gasteiger partial charge in [0.15, 0.2) is 5.78 Å². The molecular formula is C19H26N2O3. The Morgan fingerprint density at radius 2 is 1.79 bits per heavy atom. The van der Waals surface area contributed by atoms with Gasteiger partial charge < -0.3 is 10.0 Å². The van der Waals surface area contributed by atoms with Crippen LogP contribution in [0.25, 0.3) is 0 Å². The zero-order valence-electron chi connectivity index (χ0n) is 14.3. The van der Waals surface area contributed by atoms with Crippen molar-refractivity contribution < 1.29 is 14.7 Å². The SMILES string of the molecule is CC(=O)c1cccc(C(=O)N2CCC(N3CCC[C@@H](O)C3)CC2)c1. The quantitative estimate of drug-likeness (QED) is 0.861. The van der Waals surface area contributed by atoms with Gasteiger partial charge >= 0.3 is 0 Å². The molecular weight excluding hydrogens is 304 g/mol. The number of carbonyl (C=O) groups excluding carboxylic acids is 2. The lowest BCUT2D eigenvalue weighted by atomic mass is 9.98. The molecule has 2 aliphatic heterocycles. The molecule has 130 valence electrons. The van der Waals surface area contributed by atoms with E-state index in [1.807, 2.05) is 4.90 Å². The second kappa shape index (κ2) is 7.45. The number of nitrogens with zero attached hydrogens (tertiary/aromatic N) is 2. The van der Waals surface area contributed by atoms with Crippen LogP contribution < -0.4 is 0 Å². The molecule has 2 aliphatic rings. The number of rotatable bonds is 3. The van der Waals surface area contributed by atoms with Crippen molar-refractivity contribution in [2.75, 3.05) is 26.2 Å². The van der Waals surface area contributed by atoms with Gasteiger partial charge in [-0.05, 0) is 51.3 Å². The molecule has 24 heavy (non-hydrogen) atoms. The molecule has 1 aromatic rings. The van der Waals surface area contributed by atoms with Crippen LogP contribution in [0, 0.1) is 0 Å². The smallest absolute Gasteiger partial charge is 0.253 e. The molecule has 1 N–H and O–H groups in total. The van der Waals surface area contributed by atoms with Crippen LogP contribution in [0.3, 0.4) is 0 Å². The highest BCUT2D eigenvalue weighted by Crippen LogP contribution is 2.22. The molecule has 1 aromatic carbocycles. The largest absolute Gasteiger partial charge is 0.392 e. The van der Waals surface area contributed by atoms with Crippen molar-refractivity contribution >= 4 is 11.7 Å². The standard InChI is InChI=1S/C19H26N2O3/c1-14(22)15-4-2-5-16(12-15)19(24)20-10-7-17(8-11-20)21-9-3-6-18(23)13-21/h2,4-5,12,17-18,23H,3,6-11,13H2,1H3/t18-/m1/s1. The Labute approximate surface area is 143 Å². The molecule has 0 aromatic heterocycles. The molecule has 0 aliphatic carbocycles. The zero-order valence-corrected chi connectivity index (χ0v) is 14.3. The number of hydrogen-bond acceptors (Lipinski definition) is 4. The van der Waals surface area contributed by atoms with E-state index in [1.54, 1.807) is 24.3 Å². The van der Waals surface area contributed by atoms with Gasteiger partial charge in [-0.2, -0.15) is 0 Å². The first-order valence-electron chi connectivity index (χ1n) is 8.87. The zero-order chi connectivity index (χ0) is 17.1. The summed E-state index contributed by atoms with van der Waals surface area (Å²) in [6.45, 7) is 4.80. The lowest BCUT2D eigenvalue weighted by Gasteiger charge is -2.41. The number of piperidine rings is 2. The summed E-state index contributed by atoms with van der Waals surface area (Å²) in [6, 6.07) is 7.45. The molecule has 2 fully saturated rings. The molecule has 3 rings (SSSR count). The van der Waals surface area contributed by atoms with E-state index < -0.39 is 0 Å². The van der Waals surface area contributed by atoms with Crippen molar-refractivity contribution in [2.24, 2.45) is 0 Å². The number of ketones is 1. The molecule has 1 atom stereocenters. The average molecular weight is 330 g/mol. The molecule has 0 unspecified atom stereocenters. The number of hydrogen-bond donors (Lipinski definition) is 1. The van der Waals surface area contributed by atoms with E-state index in [2.05, 4.69) is 4.90 Å². The maximum absolute atomic E-state index is 12.7. The summed E-state index contributed by atoms with van der Waals surface area (Å²) >= 11 is 0. The van der Waals surface area contributed by atoms with E-state index in [1.165, 1.54) is 6.92 Å². The first-order chi connectivity index (χ1) is 11.5. The Kier molecular flexibility index (Phi) is 5.31. The Morgan fingerprint density at radius 1 is 1.08 bits per heavy atom.